The zero-order valence-electron chi connectivity index (χ0n) is 18.3. The molecule has 4 nitrogen and oxygen atoms in total. The van der Waals surface area contributed by atoms with Crippen molar-refractivity contribution in [1.82, 2.24) is 9.88 Å². The van der Waals surface area contributed by atoms with E-state index >= 15 is 0 Å². The van der Waals surface area contributed by atoms with E-state index in [2.05, 4.69) is 59.1 Å². The summed E-state index contributed by atoms with van der Waals surface area (Å²) in [5.41, 5.74) is 3.86. The van der Waals surface area contributed by atoms with Gasteiger partial charge in [0.2, 0.25) is 6.41 Å². The molecule has 1 atom stereocenters. The Hall–Kier alpha value is -2.26. The number of alkyl halides is 3. The van der Waals surface area contributed by atoms with Crippen molar-refractivity contribution in [3.05, 3.63) is 53.5 Å². The average Bonchev–Trinajstić information content (AvgIpc) is 3.16. The predicted octanol–water partition coefficient (Wildman–Crippen LogP) is 6.72. The van der Waals surface area contributed by atoms with Crippen LogP contribution in [0, 0.1) is 12.8 Å². The van der Waals surface area contributed by atoms with Crippen molar-refractivity contribution in [2.24, 2.45) is 5.92 Å². The molecule has 2 aliphatic rings. The zero-order valence-corrected chi connectivity index (χ0v) is 19.9. The van der Waals surface area contributed by atoms with Crippen molar-refractivity contribution in [2.45, 2.75) is 49.1 Å². The average molecular weight is 494 g/mol. The number of para-hydroxylation sites is 1. The van der Waals surface area contributed by atoms with Gasteiger partial charge in [-0.1, -0.05) is 23.8 Å². The molecule has 1 unspecified atom stereocenters. The summed E-state index contributed by atoms with van der Waals surface area (Å²) >= 11 is 3.28. The summed E-state index contributed by atoms with van der Waals surface area (Å²) < 4.78 is 43.9. The van der Waals surface area contributed by atoms with Crippen LogP contribution in [0.3, 0.4) is 0 Å². The lowest BCUT2D eigenvalue weighted by Crippen LogP contribution is -2.41. The van der Waals surface area contributed by atoms with E-state index in [0.717, 1.165) is 16.1 Å². The van der Waals surface area contributed by atoms with E-state index in [9.17, 15) is 18.0 Å². The molecule has 0 bridgehead atoms. The Kier molecular flexibility index (Phi) is 7.19. The Balaban J connectivity index is 0.000000160. The van der Waals surface area contributed by atoms with Crippen LogP contribution in [0.5, 0.6) is 0 Å². The first kappa shape index (κ1) is 23.9. The lowest BCUT2D eigenvalue weighted by Gasteiger charge is -2.34. The lowest BCUT2D eigenvalue weighted by atomic mass is 9.88. The van der Waals surface area contributed by atoms with Gasteiger partial charge in [-0.05, 0) is 62.4 Å². The number of carbonyl (C=O) groups excluding carboxylic acids is 1. The molecular weight excluding hydrogens is 467 g/mol. The number of nitrogens with zero attached hydrogens (tertiary/aromatic N) is 2. The molecule has 0 radical (unpaired) electrons. The van der Waals surface area contributed by atoms with E-state index in [0.29, 0.717) is 19.5 Å². The third-order valence-corrected chi connectivity index (χ3v) is 7.75. The first-order chi connectivity index (χ1) is 15.8. The maximum absolute atomic E-state index is 14.0. The molecule has 2 heterocycles. The number of carbonyl (C=O) groups is 1. The number of aromatic nitrogens is 1. The number of anilines is 1. The minimum atomic E-state index is -2.64. The topological polar surface area (TPSA) is 45.2 Å². The summed E-state index contributed by atoms with van der Waals surface area (Å²) in [4.78, 5) is 17.4. The van der Waals surface area contributed by atoms with E-state index in [-0.39, 0.29) is 25.7 Å². The smallest absolute Gasteiger partial charge is 0.251 e. The molecule has 2 aromatic carbocycles. The van der Waals surface area contributed by atoms with Crippen molar-refractivity contribution in [2.75, 3.05) is 17.8 Å². The van der Waals surface area contributed by atoms with Crippen LogP contribution in [0.15, 0.2) is 52.9 Å². The molecular formula is C24H26F3N3OS2. The fraction of sp³-hybridized carbons (Fsp3) is 0.417. The van der Waals surface area contributed by atoms with Crippen LogP contribution in [0.2, 0.25) is 0 Å². The summed E-state index contributed by atoms with van der Waals surface area (Å²) in [5.74, 6) is -3.41. The molecule has 1 aliphatic heterocycles. The fourth-order valence-electron chi connectivity index (χ4n) is 3.85. The monoisotopic (exact) mass is 493 g/mol. The molecule has 1 N–H and O–H groups in total. The summed E-state index contributed by atoms with van der Waals surface area (Å²) in [7, 11) is 0. The van der Waals surface area contributed by atoms with Crippen molar-refractivity contribution < 1.29 is 18.0 Å². The Bertz CT molecular complexity index is 1080. The maximum Gasteiger partial charge on any atom is 0.251 e. The van der Waals surface area contributed by atoms with Crippen molar-refractivity contribution in [3.8, 4) is 0 Å². The van der Waals surface area contributed by atoms with Crippen LogP contribution in [0.25, 0.3) is 10.2 Å². The number of piperidine rings is 1. The minimum absolute atomic E-state index is 0.0489. The highest BCUT2D eigenvalue weighted by molar-refractivity contribution is 8.00. The number of likely N-dealkylation sites (tertiary alicyclic amines) is 1. The SMILES string of the molecule is Cc1ccc(NSc2cccc3scnc23)cc1.O=CN1CCC(F)(CC2CC2(F)F)CC1. The minimum Gasteiger partial charge on any atom is -0.345 e. The van der Waals surface area contributed by atoms with E-state index in [1.165, 1.54) is 15.2 Å². The lowest BCUT2D eigenvalue weighted by molar-refractivity contribution is -0.120. The van der Waals surface area contributed by atoms with Crippen LogP contribution >= 0.6 is 23.3 Å². The number of hydrogen-bond donors (Lipinski definition) is 1. The van der Waals surface area contributed by atoms with Gasteiger partial charge in [-0.25, -0.2) is 18.2 Å². The van der Waals surface area contributed by atoms with E-state index in [4.69, 9.17) is 0 Å². The third-order valence-electron chi connectivity index (χ3n) is 6.06. The Morgan fingerprint density at radius 2 is 1.88 bits per heavy atom. The van der Waals surface area contributed by atoms with Gasteiger partial charge in [-0.3, -0.25) is 4.79 Å². The highest BCUT2D eigenvalue weighted by Crippen LogP contribution is 2.54. The fourth-order valence-corrected chi connectivity index (χ4v) is 5.38. The van der Waals surface area contributed by atoms with Crippen molar-refractivity contribution >= 4 is 45.6 Å². The van der Waals surface area contributed by atoms with Gasteiger partial charge < -0.3 is 9.62 Å². The Labute approximate surface area is 199 Å². The first-order valence-electron chi connectivity index (χ1n) is 10.9. The molecule has 1 aliphatic carbocycles. The number of thiazole rings is 1. The molecule has 9 heteroatoms. The second-order valence-electron chi connectivity index (χ2n) is 8.68. The summed E-state index contributed by atoms with van der Waals surface area (Å²) in [6.45, 7) is 2.78. The predicted molar refractivity (Wildman–Crippen MR) is 129 cm³/mol. The highest BCUT2D eigenvalue weighted by atomic mass is 32.2. The van der Waals surface area contributed by atoms with Gasteiger partial charge in [0.25, 0.3) is 5.92 Å². The van der Waals surface area contributed by atoms with E-state index in [1.54, 1.807) is 23.3 Å². The maximum atomic E-state index is 14.0. The Morgan fingerprint density at radius 3 is 2.52 bits per heavy atom. The van der Waals surface area contributed by atoms with Gasteiger partial charge in [-0.15, -0.1) is 11.3 Å². The number of halogens is 3. The molecule has 1 saturated heterocycles. The second kappa shape index (κ2) is 9.93. The summed E-state index contributed by atoms with van der Waals surface area (Å²) in [6, 6.07) is 14.6. The van der Waals surface area contributed by atoms with Crippen LogP contribution in [-0.2, 0) is 4.79 Å². The Morgan fingerprint density at radius 1 is 1.18 bits per heavy atom. The number of hydrogen-bond acceptors (Lipinski definition) is 5. The third kappa shape index (κ3) is 6.20. The quantitative estimate of drug-likeness (QED) is 0.306. The van der Waals surface area contributed by atoms with Crippen molar-refractivity contribution in [1.29, 1.82) is 0 Å². The van der Waals surface area contributed by atoms with Crippen LogP contribution in [0.1, 0.15) is 31.2 Å². The first-order valence-corrected chi connectivity index (χ1v) is 12.6. The van der Waals surface area contributed by atoms with Gasteiger partial charge in [0.15, 0.2) is 0 Å². The molecule has 33 heavy (non-hydrogen) atoms. The highest BCUT2D eigenvalue weighted by Gasteiger charge is 2.59. The standard InChI is InChI=1S/C14H12N2S2.C10H14F3NO/c1-10-5-7-11(8-6-10)16-18-13-4-2-3-12-14(13)15-9-17-12;11-9(5-8-6-10(8,12)13)1-3-14(7-15)4-2-9/h2-9,16H,1H3;7-8H,1-6H2. The number of benzene rings is 2. The molecule has 0 spiro atoms. The van der Waals surface area contributed by atoms with Gasteiger partial charge in [-0.2, -0.15) is 0 Å². The van der Waals surface area contributed by atoms with Crippen LogP contribution in [0.4, 0.5) is 18.9 Å². The number of rotatable bonds is 6. The van der Waals surface area contributed by atoms with Gasteiger partial charge in [0.1, 0.15) is 5.67 Å². The molecule has 3 aromatic rings. The van der Waals surface area contributed by atoms with Gasteiger partial charge >= 0.3 is 0 Å². The number of nitrogens with one attached hydrogen (secondary N) is 1. The van der Waals surface area contributed by atoms with Gasteiger partial charge in [0.05, 0.1) is 20.6 Å². The molecule has 1 aromatic heterocycles. The molecule has 1 saturated carbocycles. The molecule has 2 fully saturated rings. The number of amides is 1. The van der Waals surface area contributed by atoms with Crippen LogP contribution in [-0.4, -0.2) is 41.0 Å². The largest absolute Gasteiger partial charge is 0.345 e. The summed E-state index contributed by atoms with van der Waals surface area (Å²) in [6.07, 6.45) is 0.852. The van der Waals surface area contributed by atoms with Crippen molar-refractivity contribution in [3.63, 3.8) is 0 Å². The van der Waals surface area contributed by atoms with Gasteiger partial charge in [0, 0.05) is 31.1 Å². The summed E-state index contributed by atoms with van der Waals surface area (Å²) in [5, 5.41) is 0. The van der Waals surface area contributed by atoms with E-state index in [1.807, 2.05) is 5.51 Å². The zero-order chi connectivity index (χ0) is 23.5. The molecule has 176 valence electrons. The number of aryl methyl sites for hydroxylation is 1. The number of fused-ring (bicyclic) bond motifs is 1. The molecule has 5 rings (SSSR count). The normalized spacial score (nSPS) is 20.6. The molecule has 1 amide bonds. The van der Waals surface area contributed by atoms with E-state index < -0.39 is 17.5 Å². The second-order valence-corrected chi connectivity index (χ2v) is 10.4. The van der Waals surface area contributed by atoms with Crippen LogP contribution < -0.4 is 4.72 Å².